The third-order valence-corrected chi connectivity index (χ3v) is 4.08. The molecule has 2 heterocycles. The van der Waals surface area contributed by atoms with E-state index in [1.165, 1.54) is 30.6 Å². The number of benzene rings is 1. The molecule has 1 aromatic carbocycles. The van der Waals surface area contributed by atoms with E-state index in [-0.39, 0.29) is 32.6 Å². The summed E-state index contributed by atoms with van der Waals surface area (Å²) in [4.78, 5) is 17.0. The van der Waals surface area contributed by atoms with Gasteiger partial charge in [-0.2, -0.15) is 0 Å². The van der Waals surface area contributed by atoms with E-state index < -0.39 is 18.0 Å². The van der Waals surface area contributed by atoms with Crippen LogP contribution in [0.25, 0.3) is 0 Å². The predicted octanol–water partition coefficient (Wildman–Crippen LogP) is 4.02. The van der Waals surface area contributed by atoms with Crippen LogP contribution in [-0.4, -0.2) is 22.4 Å². The number of hydrogen-bond acceptors (Lipinski definition) is 6. The van der Waals surface area contributed by atoms with Gasteiger partial charge in [0.15, 0.2) is 5.75 Å². The Morgan fingerprint density at radius 3 is 2.50 bits per heavy atom. The fraction of sp³-hybridized carbons (Fsp3) is 0.111. The quantitative estimate of drug-likeness (QED) is 0.475. The Morgan fingerprint density at radius 1 is 1.20 bits per heavy atom. The summed E-state index contributed by atoms with van der Waals surface area (Å²) in [5.74, 6) is -1.06. The van der Waals surface area contributed by atoms with Crippen molar-refractivity contribution in [1.29, 1.82) is 0 Å². The first-order valence-corrected chi connectivity index (χ1v) is 8.56. The van der Waals surface area contributed by atoms with Gasteiger partial charge in [0.25, 0.3) is 5.91 Å². The van der Waals surface area contributed by atoms with Gasteiger partial charge < -0.3 is 20.0 Å². The minimum atomic E-state index is -4.82. The van der Waals surface area contributed by atoms with Crippen molar-refractivity contribution in [1.82, 2.24) is 10.1 Å². The normalized spacial score (nSPS) is 11.1. The molecule has 0 saturated carbocycles. The Morgan fingerprint density at radius 2 is 1.87 bits per heavy atom. The van der Waals surface area contributed by atoms with Crippen LogP contribution < -0.4 is 19.6 Å². The van der Waals surface area contributed by atoms with E-state index in [4.69, 9.17) is 16.3 Å². The largest absolute Gasteiger partial charge is 0.594 e. The molecule has 0 atom stereocenters. The highest BCUT2D eigenvalue weighted by atomic mass is 35.5. The van der Waals surface area contributed by atoms with E-state index in [1.807, 2.05) is 0 Å². The zero-order chi connectivity index (χ0) is 21.9. The number of halogens is 4. The van der Waals surface area contributed by atoms with Crippen LogP contribution in [-0.2, 0) is 0 Å². The van der Waals surface area contributed by atoms with E-state index in [0.717, 1.165) is 18.3 Å². The number of aryl methyl sites for hydroxylation is 1. The topological polar surface area (TPSA) is 100 Å². The molecule has 2 aromatic heterocycles. The number of nitrogens with zero attached hydrogens (tertiary/aromatic N) is 3. The molecule has 0 aliphatic rings. The second-order valence-electron chi connectivity index (χ2n) is 5.79. The molecule has 30 heavy (non-hydrogen) atoms. The maximum absolute atomic E-state index is 12.7. The van der Waals surface area contributed by atoms with E-state index in [1.54, 1.807) is 6.92 Å². The minimum Gasteiger partial charge on any atom is -0.594 e. The van der Waals surface area contributed by atoms with Gasteiger partial charge in [0.05, 0.1) is 23.1 Å². The lowest BCUT2D eigenvalue weighted by molar-refractivity contribution is -0.668. The van der Waals surface area contributed by atoms with Crippen LogP contribution in [0.15, 0.2) is 48.9 Å². The van der Waals surface area contributed by atoms with Crippen LogP contribution in [0.5, 0.6) is 17.2 Å². The lowest BCUT2D eigenvalue weighted by Crippen LogP contribution is -2.30. The summed E-state index contributed by atoms with van der Waals surface area (Å²) in [5.41, 5.74) is 0.431. The summed E-state index contributed by atoms with van der Waals surface area (Å²) in [6, 6.07) is 5.94. The Labute approximate surface area is 172 Å². The first-order chi connectivity index (χ1) is 14.1. The zero-order valence-corrected chi connectivity index (χ0v) is 15.9. The lowest BCUT2D eigenvalue weighted by atomic mass is 10.2. The highest BCUT2D eigenvalue weighted by Gasteiger charge is 2.31. The molecular formula is C18H12ClF3N4O4. The van der Waals surface area contributed by atoms with Gasteiger partial charge in [0.2, 0.25) is 6.20 Å². The predicted molar refractivity (Wildman–Crippen MR) is 98.3 cm³/mol. The molecule has 1 amide bonds. The number of nitrogens with one attached hydrogen (secondary N) is 1. The summed E-state index contributed by atoms with van der Waals surface area (Å²) >= 11 is 6.23. The van der Waals surface area contributed by atoms with E-state index in [9.17, 15) is 23.2 Å². The summed E-state index contributed by atoms with van der Waals surface area (Å²) < 4.78 is 46.2. The maximum Gasteiger partial charge on any atom is 0.573 e. The van der Waals surface area contributed by atoms with Gasteiger partial charge in [0.1, 0.15) is 22.7 Å². The van der Waals surface area contributed by atoms with Gasteiger partial charge in [-0.15, -0.1) is 13.2 Å². The van der Waals surface area contributed by atoms with Crippen LogP contribution in [0.2, 0.25) is 5.02 Å². The number of amides is 1. The number of carbonyl (C=O) groups excluding carboxylic acids is 1. The van der Waals surface area contributed by atoms with Crippen LogP contribution in [0.4, 0.5) is 18.9 Å². The number of ether oxygens (including phenoxy) is 2. The molecule has 12 heteroatoms. The number of hydrogen-bond donors (Lipinski definition) is 1. The molecule has 0 saturated heterocycles. The Bertz CT molecular complexity index is 1080. The number of carbonyl (C=O) groups is 1. The highest BCUT2D eigenvalue weighted by Crippen LogP contribution is 2.33. The molecule has 0 unspecified atom stereocenters. The van der Waals surface area contributed by atoms with Crippen LogP contribution in [0, 0.1) is 12.1 Å². The number of anilines is 1. The molecule has 0 aliphatic carbocycles. The summed E-state index contributed by atoms with van der Waals surface area (Å²) in [5, 5.41) is 17.2. The zero-order valence-electron chi connectivity index (χ0n) is 15.1. The monoisotopic (exact) mass is 440 g/mol. The average molecular weight is 441 g/mol. The van der Waals surface area contributed by atoms with Crippen LogP contribution >= 0.6 is 11.6 Å². The second-order valence-corrected chi connectivity index (χ2v) is 6.17. The van der Waals surface area contributed by atoms with Crippen molar-refractivity contribution < 1.29 is 32.3 Å². The Kier molecular flexibility index (Phi) is 5.92. The van der Waals surface area contributed by atoms with Crippen molar-refractivity contribution in [2.24, 2.45) is 0 Å². The smallest absolute Gasteiger partial charge is 0.573 e. The number of aromatic nitrogens is 3. The third kappa shape index (κ3) is 5.26. The number of pyridine rings is 1. The summed E-state index contributed by atoms with van der Waals surface area (Å²) in [6.45, 7) is 1.57. The van der Waals surface area contributed by atoms with E-state index in [0.29, 0.717) is 5.69 Å². The molecule has 8 nitrogen and oxygen atoms in total. The van der Waals surface area contributed by atoms with E-state index >= 15 is 0 Å². The fourth-order valence-electron chi connectivity index (χ4n) is 2.33. The molecule has 156 valence electrons. The SMILES string of the molecule is Cc1ncc(Oc2ccc(OC(F)(F)F)cc2)c(C(=O)Nc2ccn[n+]([O-])c2)c1Cl. The molecule has 0 aliphatic heterocycles. The first-order valence-electron chi connectivity index (χ1n) is 8.18. The Balaban J connectivity index is 1.87. The molecule has 0 fully saturated rings. The van der Waals surface area contributed by atoms with Gasteiger partial charge in [-0.25, -0.2) is 0 Å². The van der Waals surface area contributed by atoms with Crippen molar-refractivity contribution in [2.45, 2.75) is 13.3 Å². The lowest BCUT2D eigenvalue weighted by Gasteiger charge is -2.14. The molecule has 1 N–H and O–H groups in total. The molecule has 0 spiro atoms. The Hall–Kier alpha value is -3.60. The van der Waals surface area contributed by atoms with Gasteiger partial charge in [-0.3, -0.25) is 9.78 Å². The summed E-state index contributed by atoms with van der Waals surface area (Å²) in [7, 11) is 0. The van der Waals surface area contributed by atoms with E-state index in [2.05, 4.69) is 20.1 Å². The fourth-order valence-corrected chi connectivity index (χ4v) is 2.56. The third-order valence-electron chi connectivity index (χ3n) is 3.61. The molecule has 3 aromatic rings. The first kappa shape index (κ1) is 21.1. The van der Waals surface area contributed by atoms with Crippen LogP contribution in [0.1, 0.15) is 16.1 Å². The minimum absolute atomic E-state index is 0.00563. The number of rotatable bonds is 5. The van der Waals surface area contributed by atoms with Crippen molar-refractivity contribution in [3.63, 3.8) is 0 Å². The van der Waals surface area contributed by atoms with Crippen molar-refractivity contribution in [3.8, 4) is 17.2 Å². The van der Waals surface area contributed by atoms with Crippen molar-refractivity contribution in [2.75, 3.05) is 5.32 Å². The van der Waals surface area contributed by atoms with Gasteiger partial charge in [0, 0.05) is 5.10 Å². The second kappa shape index (κ2) is 8.41. The molecule has 0 bridgehead atoms. The summed E-state index contributed by atoms with van der Waals surface area (Å²) in [6.07, 6.45) is -1.34. The average Bonchev–Trinajstić information content (AvgIpc) is 2.65. The molecular weight excluding hydrogens is 429 g/mol. The highest BCUT2D eigenvalue weighted by molar-refractivity contribution is 6.35. The van der Waals surface area contributed by atoms with Gasteiger partial charge in [-0.05, 0) is 37.3 Å². The van der Waals surface area contributed by atoms with Crippen molar-refractivity contribution in [3.05, 3.63) is 70.4 Å². The molecule has 0 radical (unpaired) electrons. The molecule has 3 rings (SSSR count). The maximum atomic E-state index is 12.7. The number of alkyl halides is 3. The van der Waals surface area contributed by atoms with Gasteiger partial charge in [-0.1, -0.05) is 16.4 Å². The standard InChI is InChI=1S/C18H12ClF3N4O4/c1-10-16(19)15(17(27)25-11-6-7-24-26(28)9-11)14(8-23-10)29-12-2-4-13(5-3-12)30-18(20,21)22/h2-9H,1H3,(H,25,27). The van der Waals surface area contributed by atoms with Crippen LogP contribution in [0.3, 0.4) is 0 Å². The van der Waals surface area contributed by atoms with Gasteiger partial charge >= 0.3 is 6.36 Å². The van der Waals surface area contributed by atoms with Crippen molar-refractivity contribution >= 4 is 23.2 Å².